The van der Waals surface area contributed by atoms with Gasteiger partial charge in [0.15, 0.2) is 0 Å². The van der Waals surface area contributed by atoms with E-state index < -0.39 is 23.3 Å². The van der Waals surface area contributed by atoms with E-state index in [1.165, 1.54) is 35.2 Å². The summed E-state index contributed by atoms with van der Waals surface area (Å²) in [5.74, 6) is -0.865. The van der Waals surface area contributed by atoms with Gasteiger partial charge in [0, 0.05) is 16.8 Å². The van der Waals surface area contributed by atoms with E-state index >= 15 is 0 Å². The average Bonchev–Trinajstić information content (AvgIpc) is 3.04. The molecule has 0 N–H and O–H groups in total. The monoisotopic (exact) mass is 342 g/mol. The third-order valence-corrected chi connectivity index (χ3v) is 4.07. The molecule has 1 aliphatic carbocycles. The maximum Gasteiger partial charge on any atom is 0.416 e. The minimum absolute atomic E-state index is 0.0250. The Morgan fingerprint density at radius 3 is 2.24 bits per heavy atom. The normalized spacial score (nSPS) is 13.6. The highest BCUT2D eigenvalue weighted by Gasteiger charge is 2.35. The molecule has 0 unspecified atom stereocenters. The van der Waals surface area contributed by atoms with Crippen molar-refractivity contribution in [2.75, 3.05) is 0 Å². The highest BCUT2D eigenvalue weighted by atomic mass is 19.4. The summed E-state index contributed by atoms with van der Waals surface area (Å²) in [6, 6.07) is 10.8. The summed E-state index contributed by atoms with van der Waals surface area (Å²) < 4.78 is 40.0. The maximum absolute atomic E-state index is 12.9. The number of ketones is 2. The third-order valence-electron chi connectivity index (χ3n) is 4.07. The van der Waals surface area contributed by atoms with Crippen molar-refractivity contribution >= 4 is 11.6 Å². The summed E-state index contributed by atoms with van der Waals surface area (Å²) >= 11 is 0. The number of halogens is 3. The van der Waals surface area contributed by atoms with E-state index in [0.717, 1.165) is 12.1 Å². The van der Waals surface area contributed by atoms with Crippen LogP contribution in [-0.4, -0.2) is 21.1 Å². The van der Waals surface area contributed by atoms with E-state index in [0.29, 0.717) is 0 Å². The van der Waals surface area contributed by atoms with Gasteiger partial charge in [-0.05, 0) is 18.2 Å². The zero-order valence-corrected chi connectivity index (χ0v) is 12.5. The fraction of sp³-hybridized carbons (Fsp3) is 0.0556. The molecule has 124 valence electrons. The average molecular weight is 342 g/mol. The molecular weight excluding hydrogens is 333 g/mol. The molecule has 1 heterocycles. The Bertz CT molecular complexity index is 1030. The molecule has 3 aromatic rings. The molecule has 0 radical (unpaired) electrons. The second kappa shape index (κ2) is 5.14. The summed E-state index contributed by atoms with van der Waals surface area (Å²) in [5, 5.41) is 0. The molecular formula is C18H9F3N2O2. The Kier molecular flexibility index (Phi) is 3.15. The molecule has 0 spiro atoms. The summed E-state index contributed by atoms with van der Waals surface area (Å²) in [4.78, 5) is 29.2. The fourth-order valence-corrected chi connectivity index (χ4v) is 2.89. The Morgan fingerprint density at radius 1 is 0.880 bits per heavy atom. The Balaban J connectivity index is 1.90. The number of carbonyl (C=O) groups is 2. The highest BCUT2D eigenvalue weighted by molar-refractivity contribution is 6.27. The van der Waals surface area contributed by atoms with E-state index in [9.17, 15) is 22.8 Å². The zero-order chi connectivity index (χ0) is 17.8. The first-order valence-corrected chi connectivity index (χ1v) is 7.31. The van der Waals surface area contributed by atoms with Crippen LogP contribution in [-0.2, 0) is 6.18 Å². The van der Waals surface area contributed by atoms with Gasteiger partial charge in [-0.1, -0.05) is 30.3 Å². The van der Waals surface area contributed by atoms with Crippen molar-refractivity contribution in [2.45, 2.75) is 6.18 Å². The topological polar surface area (TPSA) is 52.0 Å². The van der Waals surface area contributed by atoms with Gasteiger partial charge in [0.2, 0.25) is 11.6 Å². The quantitative estimate of drug-likeness (QED) is 0.530. The molecule has 2 aromatic carbocycles. The van der Waals surface area contributed by atoms with Crippen molar-refractivity contribution in [3.8, 4) is 5.69 Å². The van der Waals surface area contributed by atoms with Gasteiger partial charge in [-0.3, -0.25) is 14.2 Å². The molecule has 1 aliphatic rings. The second-order valence-electron chi connectivity index (χ2n) is 5.56. The summed E-state index contributed by atoms with van der Waals surface area (Å²) in [6.07, 6.45) is -3.31. The van der Waals surface area contributed by atoms with Crippen molar-refractivity contribution in [2.24, 2.45) is 0 Å². The van der Waals surface area contributed by atoms with E-state index in [4.69, 9.17) is 0 Å². The minimum Gasteiger partial charge on any atom is -0.295 e. The molecule has 0 atom stereocenters. The van der Waals surface area contributed by atoms with Gasteiger partial charge >= 0.3 is 6.18 Å². The van der Waals surface area contributed by atoms with Gasteiger partial charge in [0.25, 0.3) is 0 Å². The van der Waals surface area contributed by atoms with Gasteiger partial charge in [-0.2, -0.15) is 13.2 Å². The van der Waals surface area contributed by atoms with Crippen molar-refractivity contribution in [3.63, 3.8) is 0 Å². The number of nitrogens with zero attached hydrogens (tertiary/aromatic N) is 2. The lowest BCUT2D eigenvalue weighted by Gasteiger charge is -2.16. The van der Waals surface area contributed by atoms with Crippen LogP contribution in [0.1, 0.15) is 37.7 Å². The summed E-state index contributed by atoms with van der Waals surface area (Å²) in [6.45, 7) is 0. The Morgan fingerprint density at radius 2 is 1.56 bits per heavy atom. The number of imidazole rings is 1. The first-order chi connectivity index (χ1) is 11.9. The number of hydrogen-bond donors (Lipinski definition) is 0. The number of carbonyl (C=O) groups excluding carboxylic acids is 2. The van der Waals surface area contributed by atoms with Crippen LogP contribution >= 0.6 is 0 Å². The van der Waals surface area contributed by atoms with Crippen LogP contribution in [0.5, 0.6) is 0 Å². The highest BCUT2D eigenvalue weighted by Crippen LogP contribution is 2.32. The minimum atomic E-state index is -4.51. The number of fused-ring (bicyclic) bond motifs is 2. The molecule has 0 aliphatic heterocycles. The number of hydrogen-bond acceptors (Lipinski definition) is 3. The van der Waals surface area contributed by atoms with Crippen LogP contribution in [0.4, 0.5) is 13.2 Å². The molecule has 1 aromatic heterocycles. The van der Waals surface area contributed by atoms with Gasteiger partial charge in [-0.15, -0.1) is 0 Å². The predicted octanol–water partition coefficient (Wildman–Crippen LogP) is 3.67. The fourth-order valence-electron chi connectivity index (χ4n) is 2.89. The molecule has 0 saturated heterocycles. The van der Waals surface area contributed by atoms with Gasteiger partial charge in [-0.25, -0.2) is 4.98 Å². The van der Waals surface area contributed by atoms with E-state index in [1.807, 2.05) is 0 Å². The molecule has 0 bridgehead atoms. The predicted molar refractivity (Wildman–Crippen MR) is 81.9 cm³/mol. The largest absolute Gasteiger partial charge is 0.416 e. The van der Waals surface area contributed by atoms with E-state index in [1.54, 1.807) is 12.1 Å². The zero-order valence-electron chi connectivity index (χ0n) is 12.5. The van der Waals surface area contributed by atoms with Gasteiger partial charge < -0.3 is 0 Å². The second-order valence-corrected chi connectivity index (χ2v) is 5.56. The SMILES string of the molecule is O=C1c2ccccc2C(=O)c2c1ncn2-c1cccc(C(F)(F)F)c1. The van der Waals surface area contributed by atoms with Gasteiger partial charge in [0.05, 0.1) is 5.56 Å². The van der Waals surface area contributed by atoms with Crippen LogP contribution < -0.4 is 0 Å². The number of alkyl halides is 3. The lowest BCUT2D eigenvalue weighted by atomic mass is 9.90. The number of rotatable bonds is 1. The molecule has 25 heavy (non-hydrogen) atoms. The first kappa shape index (κ1) is 15.3. The molecule has 0 saturated carbocycles. The van der Waals surface area contributed by atoms with Crippen molar-refractivity contribution in [1.82, 2.24) is 9.55 Å². The molecule has 4 rings (SSSR count). The number of benzene rings is 2. The van der Waals surface area contributed by atoms with Crippen molar-refractivity contribution < 1.29 is 22.8 Å². The van der Waals surface area contributed by atoms with Crippen LogP contribution in [0, 0.1) is 0 Å². The Labute approximate surface area is 139 Å². The standard InChI is InChI=1S/C18H9F3N2O2/c19-18(20,21)10-4-3-5-11(8-10)23-9-22-14-15(23)17(25)13-7-2-1-6-12(13)16(14)24/h1-9H. The van der Waals surface area contributed by atoms with Crippen LogP contribution in [0.3, 0.4) is 0 Å². The maximum atomic E-state index is 12.9. The third kappa shape index (κ3) is 2.27. The lowest BCUT2D eigenvalue weighted by molar-refractivity contribution is -0.137. The number of aromatic nitrogens is 2. The first-order valence-electron chi connectivity index (χ1n) is 7.31. The molecule has 7 heteroatoms. The lowest BCUT2D eigenvalue weighted by Crippen LogP contribution is -2.22. The van der Waals surface area contributed by atoms with Crippen LogP contribution in [0.25, 0.3) is 5.69 Å². The van der Waals surface area contributed by atoms with Gasteiger partial charge in [0.1, 0.15) is 17.7 Å². The van der Waals surface area contributed by atoms with Crippen molar-refractivity contribution in [1.29, 1.82) is 0 Å². The van der Waals surface area contributed by atoms with E-state index in [-0.39, 0.29) is 28.2 Å². The van der Waals surface area contributed by atoms with E-state index in [2.05, 4.69) is 4.98 Å². The molecule has 0 amide bonds. The summed E-state index contributed by atoms with van der Waals surface area (Å²) in [5.41, 5.74) is -0.348. The van der Waals surface area contributed by atoms with Crippen LogP contribution in [0.2, 0.25) is 0 Å². The van der Waals surface area contributed by atoms with Crippen molar-refractivity contribution in [3.05, 3.63) is 82.9 Å². The Hall–Kier alpha value is -3.22. The molecule has 0 fully saturated rings. The van der Waals surface area contributed by atoms with Crippen LogP contribution in [0.15, 0.2) is 54.9 Å². The summed E-state index contributed by atoms with van der Waals surface area (Å²) in [7, 11) is 0. The molecule has 4 nitrogen and oxygen atoms in total. The smallest absolute Gasteiger partial charge is 0.295 e.